The Balaban J connectivity index is 1.37. The topological polar surface area (TPSA) is 78.5 Å². The van der Waals surface area contributed by atoms with Gasteiger partial charge < -0.3 is 15.5 Å². The lowest BCUT2D eigenvalue weighted by Gasteiger charge is -2.33. The molecule has 0 aromatic heterocycles. The zero-order valence-corrected chi connectivity index (χ0v) is 17.9. The van der Waals surface area contributed by atoms with E-state index in [1.807, 2.05) is 18.2 Å². The minimum atomic E-state index is -0.585. The molecule has 7 heteroatoms. The second-order valence-corrected chi connectivity index (χ2v) is 8.47. The normalized spacial score (nSPS) is 22.2. The summed E-state index contributed by atoms with van der Waals surface area (Å²) < 4.78 is 13.7. The lowest BCUT2D eigenvalue weighted by Crippen LogP contribution is -2.50. The summed E-state index contributed by atoms with van der Waals surface area (Å²) >= 11 is 0. The molecule has 2 aromatic rings. The average Bonchev–Trinajstić information content (AvgIpc) is 3.21. The van der Waals surface area contributed by atoms with Crippen molar-refractivity contribution < 1.29 is 18.8 Å². The van der Waals surface area contributed by atoms with Crippen LogP contribution in [0.2, 0.25) is 0 Å². The van der Waals surface area contributed by atoms with Gasteiger partial charge in [0.25, 0.3) is 11.8 Å². The molecule has 3 unspecified atom stereocenters. The van der Waals surface area contributed by atoms with E-state index in [9.17, 15) is 18.8 Å². The fourth-order valence-corrected chi connectivity index (χ4v) is 4.94. The molecule has 4 rings (SSSR count). The second kappa shape index (κ2) is 9.94. The van der Waals surface area contributed by atoms with Gasteiger partial charge in [0.1, 0.15) is 11.9 Å². The van der Waals surface area contributed by atoms with Crippen LogP contribution in [0.5, 0.6) is 0 Å². The Kier molecular flexibility index (Phi) is 6.83. The molecule has 2 aliphatic rings. The number of fused-ring (bicyclic) bond motifs is 1. The van der Waals surface area contributed by atoms with Crippen molar-refractivity contribution in [3.63, 3.8) is 0 Å². The van der Waals surface area contributed by atoms with E-state index in [0.29, 0.717) is 17.9 Å². The molecule has 6 nitrogen and oxygen atoms in total. The molecular formula is C25H28FN3O3. The Labute approximate surface area is 187 Å². The molecule has 0 bridgehead atoms. The van der Waals surface area contributed by atoms with Crippen molar-refractivity contribution in [3.05, 3.63) is 71.5 Å². The molecule has 2 fully saturated rings. The van der Waals surface area contributed by atoms with Gasteiger partial charge in [0, 0.05) is 24.7 Å². The van der Waals surface area contributed by atoms with Crippen LogP contribution in [0, 0.1) is 11.7 Å². The van der Waals surface area contributed by atoms with Crippen LogP contribution in [0.4, 0.5) is 4.39 Å². The third kappa shape index (κ3) is 4.66. The van der Waals surface area contributed by atoms with Gasteiger partial charge in [-0.15, -0.1) is 0 Å². The van der Waals surface area contributed by atoms with Gasteiger partial charge in [0.2, 0.25) is 5.91 Å². The fourth-order valence-electron chi connectivity index (χ4n) is 4.94. The molecule has 2 aromatic carbocycles. The number of benzene rings is 2. The third-order valence-electron chi connectivity index (χ3n) is 6.47. The van der Waals surface area contributed by atoms with Crippen LogP contribution in [0.3, 0.4) is 0 Å². The van der Waals surface area contributed by atoms with Gasteiger partial charge in [-0.1, -0.05) is 43.2 Å². The summed E-state index contributed by atoms with van der Waals surface area (Å²) in [5, 5.41) is 5.47. The van der Waals surface area contributed by atoms with Crippen LogP contribution in [-0.4, -0.2) is 47.8 Å². The minimum Gasteiger partial charge on any atom is -0.353 e. The first-order valence-electron chi connectivity index (χ1n) is 11.2. The largest absolute Gasteiger partial charge is 0.353 e. The van der Waals surface area contributed by atoms with Crippen molar-refractivity contribution in [2.75, 3.05) is 13.1 Å². The molecule has 1 aliphatic carbocycles. The van der Waals surface area contributed by atoms with Crippen molar-refractivity contribution in [2.24, 2.45) is 5.92 Å². The fraction of sp³-hybridized carbons (Fsp3) is 0.400. The van der Waals surface area contributed by atoms with Crippen molar-refractivity contribution in [2.45, 2.75) is 44.2 Å². The second-order valence-electron chi connectivity index (χ2n) is 8.47. The predicted molar refractivity (Wildman–Crippen MR) is 119 cm³/mol. The number of nitrogens with one attached hydrogen (secondary N) is 2. The van der Waals surface area contributed by atoms with E-state index in [-0.39, 0.29) is 36.5 Å². The SMILES string of the molecule is O=C(NCCNC(=O)C1CC2CCCCC2N1C(=O)c1ccccc1)c1ccccc1F. The summed E-state index contributed by atoms with van der Waals surface area (Å²) in [6, 6.07) is 14.4. The molecular weight excluding hydrogens is 409 g/mol. The highest BCUT2D eigenvalue weighted by Gasteiger charge is 2.47. The Morgan fingerprint density at radius 2 is 1.59 bits per heavy atom. The third-order valence-corrected chi connectivity index (χ3v) is 6.47. The molecule has 1 saturated carbocycles. The molecule has 3 atom stereocenters. The van der Waals surface area contributed by atoms with Crippen LogP contribution in [0.15, 0.2) is 54.6 Å². The molecule has 1 saturated heterocycles. The monoisotopic (exact) mass is 437 g/mol. The number of carbonyl (C=O) groups is 3. The molecule has 2 N–H and O–H groups in total. The molecule has 1 aliphatic heterocycles. The summed E-state index contributed by atoms with van der Waals surface area (Å²) in [7, 11) is 0. The lowest BCUT2D eigenvalue weighted by molar-refractivity contribution is -0.125. The highest BCUT2D eigenvalue weighted by Crippen LogP contribution is 2.40. The predicted octanol–water partition coefficient (Wildman–Crippen LogP) is 3.15. The summed E-state index contributed by atoms with van der Waals surface area (Å²) in [4.78, 5) is 40.2. The van der Waals surface area contributed by atoms with E-state index in [1.165, 1.54) is 18.2 Å². The maximum atomic E-state index is 13.7. The molecule has 1 heterocycles. The summed E-state index contributed by atoms with van der Waals surface area (Å²) in [6.45, 7) is 0.378. The number of halogens is 1. The molecule has 0 spiro atoms. The summed E-state index contributed by atoms with van der Waals surface area (Å²) in [5.74, 6) is -1.08. The maximum absolute atomic E-state index is 13.7. The lowest BCUT2D eigenvalue weighted by atomic mass is 9.84. The van der Waals surface area contributed by atoms with Gasteiger partial charge in [-0.05, 0) is 49.4 Å². The molecule has 32 heavy (non-hydrogen) atoms. The van der Waals surface area contributed by atoms with Gasteiger partial charge in [0.05, 0.1) is 5.56 Å². The van der Waals surface area contributed by atoms with E-state index < -0.39 is 17.8 Å². The number of hydrogen-bond acceptors (Lipinski definition) is 3. The quantitative estimate of drug-likeness (QED) is 0.682. The molecule has 168 valence electrons. The van der Waals surface area contributed by atoms with Gasteiger partial charge in [-0.2, -0.15) is 0 Å². The smallest absolute Gasteiger partial charge is 0.254 e. The number of carbonyl (C=O) groups excluding carboxylic acids is 3. The summed E-state index contributed by atoms with van der Waals surface area (Å²) in [6.07, 6.45) is 4.81. The van der Waals surface area contributed by atoms with Crippen LogP contribution in [0.1, 0.15) is 52.8 Å². The first kappa shape index (κ1) is 22.0. The average molecular weight is 438 g/mol. The molecule has 3 amide bonds. The minimum absolute atomic E-state index is 0.0293. The van der Waals surface area contributed by atoms with Gasteiger partial charge in [0.15, 0.2) is 0 Å². The number of rotatable bonds is 6. The first-order chi connectivity index (χ1) is 15.6. The van der Waals surface area contributed by atoms with Crippen LogP contribution >= 0.6 is 0 Å². The Morgan fingerprint density at radius 1 is 0.906 bits per heavy atom. The maximum Gasteiger partial charge on any atom is 0.254 e. The number of likely N-dealkylation sites (tertiary alicyclic amines) is 1. The van der Waals surface area contributed by atoms with E-state index in [4.69, 9.17) is 0 Å². The van der Waals surface area contributed by atoms with Gasteiger partial charge in [-0.25, -0.2) is 4.39 Å². The van der Waals surface area contributed by atoms with Crippen molar-refractivity contribution in [1.29, 1.82) is 0 Å². The van der Waals surface area contributed by atoms with E-state index in [1.54, 1.807) is 23.1 Å². The van der Waals surface area contributed by atoms with Crippen LogP contribution < -0.4 is 10.6 Å². The molecule has 0 radical (unpaired) electrons. The number of amides is 3. The summed E-state index contributed by atoms with van der Waals surface area (Å²) in [5.41, 5.74) is 0.562. The van der Waals surface area contributed by atoms with E-state index in [0.717, 1.165) is 25.7 Å². The van der Waals surface area contributed by atoms with Crippen LogP contribution in [-0.2, 0) is 4.79 Å². The van der Waals surface area contributed by atoms with Crippen molar-refractivity contribution >= 4 is 17.7 Å². The Morgan fingerprint density at radius 3 is 2.38 bits per heavy atom. The Hall–Kier alpha value is -3.22. The zero-order chi connectivity index (χ0) is 22.5. The van der Waals surface area contributed by atoms with Gasteiger partial charge in [-0.3, -0.25) is 14.4 Å². The first-order valence-corrected chi connectivity index (χ1v) is 11.2. The van der Waals surface area contributed by atoms with Gasteiger partial charge >= 0.3 is 0 Å². The Bertz CT molecular complexity index is 981. The standard InChI is InChI=1S/C25H28FN3O3/c26-20-12-6-5-11-19(20)23(30)27-14-15-28-24(31)22-16-18-10-4-7-13-21(18)29(22)25(32)17-8-2-1-3-9-17/h1-3,5-6,8-9,11-12,18,21-22H,4,7,10,13-16H2,(H,27,30)(H,28,31). The highest BCUT2D eigenvalue weighted by atomic mass is 19.1. The van der Waals surface area contributed by atoms with Crippen molar-refractivity contribution in [3.8, 4) is 0 Å². The number of nitrogens with zero attached hydrogens (tertiary/aromatic N) is 1. The van der Waals surface area contributed by atoms with E-state index in [2.05, 4.69) is 10.6 Å². The van der Waals surface area contributed by atoms with E-state index >= 15 is 0 Å². The van der Waals surface area contributed by atoms with Crippen LogP contribution in [0.25, 0.3) is 0 Å². The highest BCUT2D eigenvalue weighted by molar-refractivity contribution is 5.98. The number of hydrogen-bond donors (Lipinski definition) is 2. The van der Waals surface area contributed by atoms with Crippen molar-refractivity contribution in [1.82, 2.24) is 15.5 Å². The zero-order valence-electron chi connectivity index (χ0n) is 17.9.